The van der Waals surface area contributed by atoms with Crippen LogP contribution in [-0.4, -0.2) is 15.4 Å². The summed E-state index contributed by atoms with van der Waals surface area (Å²) in [5, 5.41) is 0.770. The second-order valence-corrected chi connectivity index (χ2v) is 4.86. The summed E-state index contributed by atoms with van der Waals surface area (Å²) in [5.74, 6) is 1.63. The van der Waals surface area contributed by atoms with Gasteiger partial charge in [-0.3, -0.25) is 0 Å². The highest BCUT2D eigenvalue weighted by molar-refractivity contribution is 6.35. The molecule has 1 aromatic heterocycles. The summed E-state index contributed by atoms with van der Waals surface area (Å²) in [6.45, 7) is 3.14. The van der Waals surface area contributed by atoms with Gasteiger partial charge in [0, 0.05) is 18.8 Å². The molecule has 0 aliphatic rings. The Morgan fingerprint density at radius 1 is 1.35 bits per heavy atom. The van der Waals surface area contributed by atoms with E-state index in [0.717, 1.165) is 47.7 Å². The maximum absolute atomic E-state index is 6.26. The Morgan fingerprint density at radius 3 is 2.88 bits per heavy atom. The monoisotopic (exact) mass is 270 g/mol. The average Bonchev–Trinajstić information content (AvgIpc) is 2.66. The third-order valence-corrected chi connectivity index (χ3v) is 3.34. The zero-order chi connectivity index (χ0) is 12.3. The molecule has 0 aliphatic heterocycles. The number of aromatic nitrogens is 2. The van der Waals surface area contributed by atoms with Crippen molar-refractivity contribution in [1.82, 2.24) is 9.55 Å². The molecule has 0 amide bonds. The van der Waals surface area contributed by atoms with E-state index in [9.17, 15) is 0 Å². The Hall–Kier alpha value is -0.730. The molecule has 1 aromatic carbocycles. The van der Waals surface area contributed by atoms with Crippen molar-refractivity contribution in [3.63, 3.8) is 0 Å². The predicted molar refractivity (Wildman–Crippen MR) is 74.1 cm³/mol. The Kier molecular flexibility index (Phi) is 4.30. The summed E-state index contributed by atoms with van der Waals surface area (Å²) in [6, 6.07) is 5.85. The SMILES string of the molecule is CCCCn1c(CCCl)nc2cccc(Cl)c21. The second-order valence-electron chi connectivity index (χ2n) is 4.08. The van der Waals surface area contributed by atoms with Gasteiger partial charge in [0.05, 0.1) is 16.1 Å². The largest absolute Gasteiger partial charge is 0.327 e. The number of nitrogens with zero attached hydrogens (tertiary/aromatic N) is 2. The molecule has 2 nitrogen and oxygen atoms in total. The molecule has 0 fully saturated rings. The third-order valence-electron chi connectivity index (χ3n) is 2.85. The molecule has 0 radical (unpaired) electrons. The van der Waals surface area contributed by atoms with Crippen molar-refractivity contribution < 1.29 is 0 Å². The molecule has 2 rings (SSSR count). The molecule has 0 spiro atoms. The number of hydrogen-bond acceptors (Lipinski definition) is 1. The van der Waals surface area contributed by atoms with E-state index in [2.05, 4.69) is 16.5 Å². The van der Waals surface area contributed by atoms with E-state index in [4.69, 9.17) is 23.2 Å². The van der Waals surface area contributed by atoms with Crippen molar-refractivity contribution in [2.45, 2.75) is 32.7 Å². The van der Waals surface area contributed by atoms with Crippen molar-refractivity contribution in [3.05, 3.63) is 29.0 Å². The number of rotatable bonds is 5. The fourth-order valence-electron chi connectivity index (χ4n) is 2.02. The molecule has 92 valence electrons. The van der Waals surface area contributed by atoms with E-state index in [1.54, 1.807) is 0 Å². The van der Waals surface area contributed by atoms with E-state index in [0.29, 0.717) is 5.88 Å². The molecular weight excluding hydrogens is 255 g/mol. The molecule has 0 saturated heterocycles. The summed E-state index contributed by atoms with van der Waals surface area (Å²) >= 11 is 12.1. The number of benzene rings is 1. The number of hydrogen-bond donors (Lipinski definition) is 0. The molecule has 0 N–H and O–H groups in total. The van der Waals surface area contributed by atoms with E-state index in [1.165, 1.54) is 0 Å². The zero-order valence-corrected chi connectivity index (χ0v) is 11.4. The molecule has 1 heterocycles. The van der Waals surface area contributed by atoms with Crippen LogP contribution in [0.3, 0.4) is 0 Å². The fourth-order valence-corrected chi connectivity index (χ4v) is 2.46. The van der Waals surface area contributed by atoms with E-state index >= 15 is 0 Å². The number of alkyl halides is 1. The second kappa shape index (κ2) is 5.74. The Balaban J connectivity index is 2.52. The van der Waals surface area contributed by atoms with E-state index in [1.807, 2.05) is 18.2 Å². The maximum Gasteiger partial charge on any atom is 0.111 e. The number of imidazole rings is 1. The molecule has 17 heavy (non-hydrogen) atoms. The highest BCUT2D eigenvalue weighted by Gasteiger charge is 2.12. The topological polar surface area (TPSA) is 17.8 Å². The van der Waals surface area contributed by atoms with Gasteiger partial charge in [0.15, 0.2) is 0 Å². The quantitative estimate of drug-likeness (QED) is 0.742. The van der Waals surface area contributed by atoms with Gasteiger partial charge in [0.25, 0.3) is 0 Å². The smallest absolute Gasteiger partial charge is 0.111 e. The fraction of sp³-hybridized carbons (Fsp3) is 0.462. The van der Waals surface area contributed by atoms with Crippen LogP contribution in [0.1, 0.15) is 25.6 Å². The number of aryl methyl sites for hydroxylation is 2. The Morgan fingerprint density at radius 2 is 2.18 bits per heavy atom. The molecule has 4 heteroatoms. The lowest BCUT2D eigenvalue weighted by molar-refractivity contribution is 0.620. The molecular formula is C13H16Cl2N2. The van der Waals surface area contributed by atoms with E-state index < -0.39 is 0 Å². The number of unbranched alkanes of at least 4 members (excludes halogenated alkanes) is 1. The first kappa shape index (κ1) is 12.7. The summed E-state index contributed by atoms with van der Waals surface area (Å²) in [5.41, 5.74) is 2.01. The zero-order valence-electron chi connectivity index (χ0n) is 9.92. The van der Waals surface area contributed by atoms with Crippen LogP contribution in [0.15, 0.2) is 18.2 Å². The summed E-state index contributed by atoms with van der Waals surface area (Å²) in [7, 11) is 0. The van der Waals surface area contributed by atoms with Crippen LogP contribution in [0.5, 0.6) is 0 Å². The van der Waals surface area contributed by atoms with Crippen molar-refractivity contribution in [1.29, 1.82) is 0 Å². The van der Waals surface area contributed by atoms with Crippen LogP contribution in [0, 0.1) is 0 Å². The average molecular weight is 271 g/mol. The molecule has 2 aromatic rings. The first-order valence-electron chi connectivity index (χ1n) is 5.97. The van der Waals surface area contributed by atoms with Gasteiger partial charge >= 0.3 is 0 Å². The highest BCUT2D eigenvalue weighted by Crippen LogP contribution is 2.25. The Labute approximate surface area is 112 Å². The summed E-state index contributed by atoms with van der Waals surface area (Å²) in [6.07, 6.45) is 3.08. The van der Waals surface area contributed by atoms with Gasteiger partial charge in [-0.05, 0) is 18.6 Å². The highest BCUT2D eigenvalue weighted by atomic mass is 35.5. The molecule has 0 aliphatic carbocycles. The van der Waals surface area contributed by atoms with Gasteiger partial charge in [-0.25, -0.2) is 4.98 Å². The van der Waals surface area contributed by atoms with Crippen LogP contribution >= 0.6 is 23.2 Å². The van der Waals surface area contributed by atoms with Gasteiger partial charge in [-0.15, -0.1) is 11.6 Å². The molecule has 0 saturated carbocycles. The standard InChI is InChI=1S/C13H16Cl2N2/c1-2-3-9-17-12(7-8-14)16-11-6-4-5-10(15)13(11)17/h4-6H,2-3,7-9H2,1H3. The van der Waals surface area contributed by atoms with E-state index in [-0.39, 0.29) is 0 Å². The van der Waals surface area contributed by atoms with Crippen LogP contribution in [0.2, 0.25) is 5.02 Å². The van der Waals surface area contributed by atoms with Crippen LogP contribution in [-0.2, 0) is 13.0 Å². The van der Waals surface area contributed by atoms with Crippen LogP contribution in [0.25, 0.3) is 11.0 Å². The molecule has 0 unspecified atom stereocenters. The first-order chi connectivity index (χ1) is 8.27. The lowest BCUT2D eigenvalue weighted by Gasteiger charge is -2.08. The third kappa shape index (κ3) is 2.58. The molecule has 0 bridgehead atoms. The normalized spacial score (nSPS) is 11.2. The van der Waals surface area contributed by atoms with Gasteiger partial charge < -0.3 is 4.57 Å². The first-order valence-corrected chi connectivity index (χ1v) is 6.88. The van der Waals surface area contributed by atoms with Crippen molar-refractivity contribution in [2.24, 2.45) is 0 Å². The van der Waals surface area contributed by atoms with Crippen molar-refractivity contribution in [3.8, 4) is 0 Å². The van der Waals surface area contributed by atoms with Crippen molar-refractivity contribution in [2.75, 3.05) is 5.88 Å². The van der Waals surface area contributed by atoms with Gasteiger partial charge in [-0.2, -0.15) is 0 Å². The number of para-hydroxylation sites is 1. The molecule has 0 atom stereocenters. The number of fused-ring (bicyclic) bond motifs is 1. The summed E-state index contributed by atoms with van der Waals surface area (Å²) < 4.78 is 2.21. The Bertz CT molecular complexity index is 505. The van der Waals surface area contributed by atoms with Gasteiger partial charge in [0.2, 0.25) is 0 Å². The number of halogens is 2. The summed E-state index contributed by atoms with van der Waals surface area (Å²) in [4.78, 5) is 4.61. The minimum Gasteiger partial charge on any atom is -0.327 e. The van der Waals surface area contributed by atoms with Crippen LogP contribution < -0.4 is 0 Å². The lowest BCUT2D eigenvalue weighted by Crippen LogP contribution is -2.04. The predicted octanol–water partition coefficient (Wildman–Crippen LogP) is 4.27. The minimum atomic E-state index is 0.590. The minimum absolute atomic E-state index is 0.590. The van der Waals surface area contributed by atoms with Gasteiger partial charge in [0.1, 0.15) is 5.82 Å². The van der Waals surface area contributed by atoms with Gasteiger partial charge in [-0.1, -0.05) is 31.0 Å². The maximum atomic E-state index is 6.26. The van der Waals surface area contributed by atoms with Crippen LogP contribution in [0.4, 0.5) is 0 Å². The van der Waals surface area contributed by atoms with Crippen molar-refractivity contribution >= 4 is 34.2 Å². The lowest BCUT2D eigenvalue weighted by atomic mass is 10.3.